The van der Waals surface area contributed by atoms with Gasteiger partial charge in [0, 0.05) is 32.6 Å². The van der Waals surface area contributed by atoms with Crippen LogP contribution >= 0.6 is 23.1 Å². The molecule has 5 atom stereocenters. The summed E-state index contributed by atoms with van der Waals surface area (Å²) in [5.74, 6) is -3.23. The number of thioether (sulfide) groups is 1. The third-order valence-electron chi connectivity index (χ3n) is 5.84. The number of thiophene rings is 1. The van der Waals surface area contributed by atoms with Crippen LogP contribution in [-0.2, 0) is 47.7 Å². The van der Waals surface area contributed by atoms with E-state index in [4.69, 9.17) is 23.7 Å². The number of para-hydroxylation sites is 1. The molecule has 2 aromatic rings. The minimum Gasteiger partial charge on any atom is -0.463 e. The molecule has 0 bridgehead atoms. The summed E-state index contributed by atoms with van der Waals surface area (Å²) in [7, 11) is 0. The maximum absolute atomic E-state index is 13.6. The number of esters is 4. The molecule has 42 heavy (non-hydrogen) atoms. The molecule has 0 N–H and O–H groups in total. The second-order valence-electron chi connectivity index (χ2n) is 9.10. The quantitative estimate of drug-likeness (QED) is 0.244. The summed E-state index contributed by atoms with van der Waals surface area (Å²) in [5.41, 5.74) is -0.465. The summed E-state index contributed by atoms with van der Waals surface area (Å²) in [4.78, 5) is 68.4. The van der Waals surface area contributed by atoms with Crippen LogP contribution in [0.3, 0.4) is 0 Å². The van der Waals surface area contributed by atoms with Gasteiger partial charge in [-0.3, -0.25) is 28.9 Å². The standard InChI is InChI=1S/C28H28N2O10S2/c1-15(31)36-14-22-23(37-16(2)32)24(38-17(3)33)25(39-18(4)34)27(40-22)42-28-29-21(13-20-11-8-12-41-20)26(35)30(28)19-9-6-5-7-10-19/h5-13,22-25,27H,14H2,1-4H3/b21-13-/t22-,23+,24+,25+,27+/m1/s1. The van der Waals surface area contributed by atoms with E-state index in [2.05, 4.69) is 4.99 Å². The molecule has 222 valence electrons. The fraction of sp³-hybridized carbons (Fsp3) is 0.357. The number of amides is 1. The van der Waals surface area contributed by atoms with E-state index in [1.807, 2.05) is 17.5 Å². The van der Waals surface area contributed by atoms with Crippen molar-refractivity contribution in [2.24, 2.45) is 4.99 Å². The van der Waals surface area contributed by atoms with Gasteiger partial charge in [0.2, 0.25) is 0 Å². The van der Waals surface area contributed by atoms with Gasteiger partial charge >= 0.3 is 23.9 Å². The number of anilines is 1. The Balaban J connectivity index is 1.77. The van der Waals surface area contributed by atoms with Crippen molar-refractivity contribution in [2.75, 3.05) is 11.5 Å². The monoisotopic (exact) mass is 616 g/mol. The van der Waals surface area contributed by atoms with E-state index in [9.17, 15) is 24.0 Å². The summed E-state index contributed by atoms with van der Waals surface area (Å²) in [6, 6.07) is 12.5. The van der Waals surface area contributed by atoms with Crippen molar-refractivity contribution >= 4 is 69.8 Å². The lowest BCUT2D eigenvalue weighted by Gasteiger charge is -2.44. The number of nitrogens with zero attached hydrogens (tertiary/aromatic N) is 2. The van der Waals surface area contributed by atoms with Crippen LogP contribution in [0.15, 0.2) is 58.5 Å². The van der Waals surface area contributed by atoms with Crippen LogP contribution in [0, 0.1) is 0 Å². The Kier molecular flexibility index (Phi) is 10.1. The normalized spacial score (nSPS) is 24.6. The Morgan fingerprint density at radius 1 is 0.905 bits per heavy atom. The first kappa shape index (κ1) is 30.9. The maximum Gasteiger partial charge on any atom is 0.303 e. The Morgan fingerprint density at radius 2 is 1.55 bits per heavy atom. The molecular weight excluding hydrogens is 588 g/mol. The number of amidine groups is 1. The average Bonchev–Trinajstić information content (AvgIpc) is 3.54. The smallest absolute Gasteiger partial charge is 0.303 e. The van der Waals surface area contributed by atoms with Crippen molar-refractivity contribution in [3.8, 4) is 0 Å². The van der Waals surface area contributed by atoms with E-state index in [0.717, 1.165) is 37.4 Å². The fourth-order valence-corrected chi connectivity index (χ4v) is 6.12. The van der Waals surface area contributed by atoms with Crippen molar-refractivity contribution in [2.45, 2.75) is 57.5 Å². The molecule has 14 heteroatoms. The highest BCUT2D eigenvalue weighted by molar-refractivity contribution is 8.14. The molecule has 0 spiro atoms. The Bertz CT molecular complexity index is 1390. The fourth-order valence-electron chi connectivity index (χ4n) is 4.28. The van der Waals surface area contributed by atoms with Gasteiger partial charge in [-0.15, -0.1) is 11.3 Å². The molecule has 1 saturated heterocycles. The molecule has 2 aliphatic rings. The van der Waals surface area contributed by atoms with E-state index in [1.165, 1.54) is 23.2 Å². The largest absolute Gasteiger partial charge is 0.463 e. The summed E-state index contributed by atoms with van der Waals surface area (Å²) in [6.07, 6.45) is -3.42. The van der Waals surface area contributed by atoms with Crippen molar-refractivity contribution < 1.29 is 47.7 Å². The highest BCUT2D eigenvalue weighted by atomic mass is 32.2. The number of rotatable bonds is 8. The van der Waals surface area contributed by atoms with Crippen LogP contribution in [0.4, 0.5) is 5.69 Å². The van der Waals surface area contributed by atoms with E-state index >= 15 is 0 Å². The second kappa shape index (κ2) is 13.8. The number of hydrogen-bond donors (Lipinski definition) is 0. The van der Waals surface area contributed by atoms with Gasteiger partial charge in [0.15, 0.2) is 28.9 Å². The summed E-state index contributed by atoms with van der Waals surface area (Å²) in [5, 5.41) is 2.06. The van der Waals surface area contributed by atoms with Crippen molar-refractivity contribution in [1.29, 1.82) is 0 Å². The molecule has 1 fully saturated rings. The van der Waals surface area contributed by atoms with Crippen LogP contribution < -0.4 is 4.90 Å². The van der Waals surface area contributed by atoms with Gasteiger partial charge in [-0.2, -0.15) is 0 Å². The van der Waals surface area contributed by atoms with Crippen molar-refractivity contribution in [3.05, 3.63) is 58.4 Å². The Hall–Kier alpha value is -4.01. The molecule has 12 nitrogen and oxygen atoms in total. The first-order valence-electron chi connectivity index (χ1n) is 12.7. The SMILES string of the molecule is CC(=O)OC[C@H]1O[C@@H](SC2=N/C(=C\c3cccs3)C(=O)N2c2ccccc2)[C@@H](OC(C)=O)[C@@H](OC(C)=O)[C@H]1OC(C)=O. The molecule has 0 aliphatic carbocycles. The zero-order valence-electron chi connectivity index (χ0n) is 23.1. The molecule has 2 aliphatic heterocycles. The highest BCUT2D eigenvalue weighted by Gasteiger charge is 2.53. The van der Waals surface area contributed by atoms with Gasteiger partial charge in [-0.25, -0.2) is 4.99 Å². The lowest BCUT2D eigenvalue weighted by Crippen LogP contribution is -2.61. The zero-order valence-corrected chi connectivity index (χ0v) is 24.7. The summed E-state index contributed by atoms with van der Waals surface area (Å²) in [6.45, 7) is 4.28. The number of hydrogen-bond acceptors (Lipinski definition) is 13. The number of benzene rings is 1. The third-order valence-corrected chi connectivity index (χ3v) is 7.75. The lowest BCUT2D eigenvalue weighted by molar-refractivity contribution is -0.237. The van der Waals surface area contributed by atoms with Gasteiger partial charge < -0.3 is 23.7 Å². The third kappa shape index (κ3) is 7.63. The van der Waals surface area contributed by atoms with E-state index in [1.54, 1.807) is 36.4 Å². The van der Waals surface area contributed by atoms with Gasteiger partial charge in [0.05, 0.1) is 5.69 Å². The molecule has 3 heterocycles. The lowest BCUT2D eigenvalue weighted by atomic mass is 9.99. The molecule has 1 aromatic heterocycles. The molecular formula is C28H28N2O10S2. The molecule has 4 rings (SSSR count). The minimum absolute atomic E-state index is 0.162. The topological polar surface area (TPSA) is 147 Å². The summed E-state index contributed by atoms with van der Waals surface area (Å²) < 4.78 is 27.9. The second-order valence-corrected chi connectivity index (χ2v) is 11.1. The number of carbonyl (C=O) groups excluding carboxylic acids is 5. The van der Waals surface area contributed by atoms with Gasteiger partial charge in [0.25, 0.3) is 5.91 Å². The minimum atomic E-state index is -1.34. The van der Waals surface area contributed by atoms with Crippen LogP contribution in [0.1, 0.15) is 32.6 Å². The maximum atomic E-state index is 13.6. The van der Waals surface area contributed by atoms with Gasteiger partial charge in [-0.1, -0.05) is 36.0 Å². The number of carbonyl (C=O) groups is 5. The molecule has 1 amide bonds. The molecule has 1 aromatic carbocycles. The highest BCUT2D eigenvalue weighted by Crippen LogP contribution is 2.38. The average molecular weight is 617 g/mol. The predicted molar refractivity (Wildman–Crippen MR) is 153 cm³/mol. The Morgan fingerprint density at radius 3 is 2.14 bits per heavy atom. The molecule has 0 unspecified atom stereocenters. The van der Waals surface area contributed by atoms with Crippen molar-refractivity contribution in [3.63, 3.8) is 0 Å². The van der Waals surface area contributed by atoms with Gasteiger partial charge in [0.1, 0.15) is 18.4 Å². The predicted octanol–water partition coefficient (Wildman–Crippen LogP) is 3.31. The zero-order chi connectivity index (χ0) is 30.4. The van der Waals surface area contributed by atoms with E-state index < -0.39 is 59.6 Å². The first-order valence-corrected chi connectivity index (χ1v) is 14.5. The first-order chi connectivity index (χ1) is 20.0. The Labute approximate surface area is 249 Å². The van der Waals surface area contributed by atoms with E-state index in [0.29, 0.717) is 5.69 Å². The molecule has 0 saturated carbocycles. The van der Waals surface area contributed by atoms with Crippen LogP contribution in [0.2, 0.25) is 0 Å². The number of ether oxygens (including phenoxy) is 5. The van der Waals surface area contributed by atoms with Crippen LogP contribution in [0.5, 0.6) is 0 Å². The van der Waals surface area contributed by atoms with Crippen LogP contribution in [-0.4, -0.2) is 71.4 Å². The molecule has 0 radical (unpaired) electrons. The van der Waals surface area contributed by atoms with Crippen LogP contribution in [0.25, 0.3) is 6.08 Å². The van der Waals surface area contributed by atoms with Crippen molar-refractivity contribution in [1.82, 2.24) is 0 Å². The van der Waals surface area contributed by atoms with Gasteiger partial charge in [-0.05, 0) is 29.7 Å². The van der Waals surface area contributed by atoms with E-state index in [-0.39, 0.29) is 17.5 Å². The number of aliphatic imine (C=N–C) groups is 1. The summed E-state index contributed by atoms with van der Waals surface area (Å²) >= 11 is 2.37.